The number of aromatic nitrogens is 10. The minimum absolute atomic E-state index is 0. The molecule has 0 unspecified atom stereocenters. The second-order valence-corrected chi connectivity index (χ2v) is 40.1. The standard InChI is InChI=1S/C23H25N5O.C21H19ClN4O.C21H20N4O2.C16H21N5.C14H16N4O.C7H5ClO.C2H7N.CH4.Cl3OP.ClH/c1-26(2)21-17-20(22(25-24-21)18-9-5-3-6-10-18)27-13-15-28(16-14-27)23(29)19-11-7-4-8-12-19;22-19-15-18(20(24-23-19)16-7-3-1-4-8-16)25-11-13-26(14-12-25)21(27)17-9-5-2-6-10-17;26-19-15-18(20(23-22-19)16-7-3-1-4-8-16)24-11-13-25(14-12-24)21(27)17-9-5-2-6-10-17;1-20(2)15-12-14(21-10-8-17-9-11-21)16(19-18-15)13-6-4-3-5-7-13;19-13-10-12(18-8-6-15-7-9-18)14(17-16-13)11-4-2-1-3-5-11;8-7(9)6-4-2-1-3-5-6;1-3-2;;1-5(2,3)4;/h3-12,17H,13-16H2,1-2H3;1-10,15H,11-14H2;1-10,15H,11-14H2,(H,22,26);3-7,12,17H,8-11H2,1-2H3;1-5,10,15H,6-9H2,(H,16,19);1-5H;3H,1-2H3;1H4;;1H. The number of hydrogen-bond acceptors (Lipinski definition) is 25. The molecular formula is C105H118Cl6N23O7P. The van der Waals surface area contributed by atoms with Gasteiger partial charge in [0, 0.05) is 239 Å². The first-order valence-electron chi connectivity index (χ1n) is 45.7. The number of nitrogens with one attached hydrogen (secondary N) is 5. The molecule has 5 aromatic heterocycles. The third kappa shape index (κ3) is 33.1. The van der Waals surface area contributed by atoms with Crippen molar-refractivity contribution < 1.29 is 23.7 Å². The zero-order chi connectivity index (χ0) is 99.1. The largest absolute Gasteiger partial charge is 0.367 e. The Bertz CT molecular complexity index is 6400. The van der Waals surface area contributed by atoms with Gasteiger partial charge in [-0.25, -0.2) is 10.2 Å². The van der Waals surface area contributed by atoms with Crippen molar-refractivity contribution in [1.29, 1.82) is 0 Å². The molecule has 0 bridgehead atoms. The van der Waals surface area contributed by atoms with Crippen molar-refractivity contribution >= 4 is 138 Å². The van der Waals surface area contributed by atoms with Crippen LogP contribution in [-0.4, -0.2) is 262 Å². The number of hydrogen-bond donors (Lipinski definition) is 5. The van der Waals surface area contributed by atoms with E-state index in [2.05, 4.69) is 162 Å². The van der Waals surface area contributed by atoms with Crippen molar-refractivity contribution in [2.75, 3.05) is 207 Å². The monoisotopic (exact) mass is 2050 g/mol. The molecule has 5 N–H and O–H groups in total. The van der Waals surface area contributed by atoms with Crippen LogP contribution in [0.4, 0.5) is 40.1 Å². The average molecular weight is 2060 g/mol. The van der Waals surface area contributed by atoms with Crippen LogP contribution in [0, 0.1) is 0 Å². The molecule has 5 aliphatic heterocycles. The maximum absolute atomic E-state index is 12.8. The smallest absolute Gasteiger partial charge is 0.339 e. The van der Waals surface area contributed by atoms with Gasteiger partial charge in [0.2, 0.25) is 0 Å². The quantitative estimate of drug-likeness (QED) is 0.0443. The van der Waals surface area contributed by atoms with Crippen LogP contribution in [-0.2, 0) is 4.57 Å². The molecule has 37 heteroatoms. The number of carbonyl (C=O) groups excluding carboxylic acids is 4. The summed E-state index contributed by atoms with van der Waals surface area (Å²) in [6.45, 7) is 15.8. The minimum atomic E-state index is -3.22. The maximum atomic E-state index is 12.8. The van der Waals surface area contributed by atoms with Gasteiger partial charge in [0.15, 0.2) is 16.8 Å². The van der Waals surface area contributed by atoms with Crippen LogP contribution in [0.25, 0.3) is 56.3 Å². The number of nitrogens with zero attached hydrogens (tertiary/aromatic N) is 18. The van der Waals surface area contributed by atoms with E-state index in [4.69, 9.17) is 23.2 Å². The fourth-order valence-electron chi connectivity index (χ4n) is 15.7. The van der Waals surface area contributed by atoms with Crippen LogP contribution in [0.3, 0.4) is 0 Å². The first-order valence-corrected chi connectivity index (χ1v) is 50.9. The summed E-state index contributed by atoms with van der Waals surface area (Å²) in [6.07, 6.45) is 0. The van der Waals surface area contributed by atoms with Crippen molar-refractivity contribution in [2.24, 2.45) is 0 Å². The Morgan fingerprint density at radius 2 is 0.542 bits per heavy atom. The van der Waals surface area contributed by atoms with Crippen molar-refractivity contribution in [3.63, 3.8) is 0 Å². The zero-order valence-electron chi connectivity index (χ0n) is 79.2. The molecule has 0 atom stereocenters. The Balaban J connectivity index is 0.000000175. The summed E-state index contributed by atoms with van der Waals surface area (Å²) in [7, 11) is 11.7. The number of rotatable bonds is 16. The highest BCUT2D eigenvalue weighted by molar-refractivity contribution is 8.24. The summed E-state index contributed by atoms with van der Waals surface area (Å²) >= 11 is 25.1. The van der Waals surface area contributed by atoms with Gasteiger partial charge in [-0.2, -0.15) is 10.2 Å². The van der Waals surface area contributed by atoms with Crippen LogP contribution in [0.2, 0.25) is 5.15 Å². The molecule has 0 aliphatic carbocycles. The Morgan fingerprint density at radius 3 is 0.789 bits per heavy atom. The molecule has 0 radical (unpaired) electrons. The highest BCUT2D eigenvalue weighted by Gasteiger charge is 2.30. The molecule has 742 valence electrons. The summed E-state index contributed by atoms with van der Waals surface area (Å²) in [5.41, 5.74) is 16.6. The van der Waals surface area contributed by atoms with Crippen LogP contribution in [0.5, 0.6) is 0 Å². The first-order chi connectivity index (χ1) is 67.9. The number of piperazine rings is 5. The van der Waals surface area contributed by atoms with Crippen molar-refractivity contribution in [2.45, 2.75) is 7.43 Å². The van der Waals surface area contributed by atoms with E-state index in [0.717, 1.165) is 180 Å². The van der Waals surface area contributed by atoms with Crippen LogP contribution in [0.1, 0.15) is 48.9 Å². The lowest BCUT2D eigenvalue weighted by atomic mass is 10.1. The van der Waals surface area contributed by atoms with Gasteiger partial charge in [-0.1, -0.05) is 256 Å². The summed E-state index contributed by atoms with van der Waals surface area (Å²) < 4.78 is 9.51. The predicted octanol–water partition coefficient (Wildman–Crippen LogP) is 17.6. The Labute approximate surface area is 859 Å². The molecule has 30 nitrogen and oxygen atoms in total. The number of amides is 3. The molecule has 14 aromatic rings. The zero-order valence-corrected chi connectivity index (χ0v) is 84.7. The summed E-state index contributed by atoms with van der Waals surface area (Å²) in [5, 5.41) is 45.8. The summed E-state index contributed by atoms with van der Waals surface area (Å²) in [4.78, 5) is 92.7. The van der Waals surface area contributed by atoms with Crippen LogP contribution in [0.15, 0.2) is 313 Å². The van der Waals surface area contributed by atoms with Gasteiger partial charge in [0.05, 0.1) is 28.4 Å². The Hall–Kier alpha value is -13.5. The predicted molar refractivity (Wildman–Crippen MR) is 581 cm³/mol. The van der Waals surface area contributed by atoms with Crippen molar-refractivity contribution in [3.8, 4) is 56.3 Å². The number of H-pyrrole nitrogens is 2. The number of anilines is 7. The molecule has 0 spiro atoms. The maximum Gasteiger partial charge on any atom is 0.339 e. The van der Waals surface area contributed by atoms with Gasteiger partial charge in [0.1, 0.15) is 28.5 Å². The molecule has 9 aromatic carbocycles. The van der Waals surface area contributed by atoms with Gasteiger partial charge in [-0.05, 0) is 95.8 Å². The van der Waals surface area contributed by atoms with E-state index in [1.165, 1.54) is 5.69 Å². The van der Waals surface area contributed by atoms with Crippen LogP contribution < -0.4 is 61.4 Å². The Kier molecular flexibility index (Phi) is 44.2. The van der Waals surface area contributed by atoms with Gasteiger partial charge in [-0.15, -0.1) is 43.0 Å². The molecule has 0 saturated carbocycles. The molecule has 10 heterocycles. The van der Waals surface area contributed by atoms with E-state index < -0.39 is 10.4 Å². The van der Waals surface area contributed by atoms with Crippen molar-refractivity contribution in [1.82, 2.24) is 81.6 Å². The normalized spacial score (nSPS) is 13.7. The number of benzene rings is 9. The third-order valence-corrected chi connectivity index (χ3v) is 23.1. The fourth-order valence-corrected chi connectivity index (χ4v) is 15.9. The molecule has 5 aliphatic rings. The molecular weight excluding hydrogens is 1940 g/mol. The highest BCUT2D eigenvalue weighted by Crippen LogP contribution is 2.61. The van der Waals surface area contributed by atoms with Crippen LogP contribution >= 0.6 is 74.5 Å². The molecule has 142 heavy (non-hydrogen) atoms. The Morgan fingerprint density at radius 1 is 0.324 bits per heavy atom. The average Bonchev–Trinajstić information content (AvgIpc) is 0.809. The topological polar surface area (TPSA) is 323 Å². The van der Waals surface area contributed by atoms with Gasteiger partial charge >= 0.3 is 5.20 Å². The number of carbonyl (C=O) groups is 4. The van der Waals surface area contributed by atoms with E-state index in [-0.39, 0.29) is 48.7 Å². The molecule has 19 rings (SSSR count). The van der Waals surface area contributed by atoms with Gasteiger partial charge in [-0.3, -0.25) is 33.3 Å². The molecule has 3 amide bonds. The summed E-state index contributed by atoms with van der Waals surface area (Å²) in [6, 6.07) is 96.3. The number of aromatic amines is 2. The first kappa shape index (κ1) is 110. The lowest BCUT2D eigenvalue weighted by molar-refractivity contribution is 0.0739. The lowest BCUT2D eigenvalue weighted by Crippen LogP contribution is -2.49. The SMILES string of the molecule is C.CN(C)c1cc(N2CCN(C(=O)c3ccccc3)CC2)c(-c2ccccc2)nn1.CN(C)c1cc(N2CCNCC2)c(-c2ccccc2)nn1.CNC.Cl.O=C(Cl)c1ccccc1.O=C(c1ccccc1)N1CCN(c2cc(=O)[nH]nc2-c2ccccc2)CC1.O=C(c1ccccc1)N1CCN(c2cc(Cl)nnc2-c2ccccc2)CC1.O=P(Cl)(Cl)Cl.O=c1cc(N2CCNCC2)c(-c2ccccc2)n[nH]1. The van der Waals surface area contributed by atoms with E-state index in [0.29, 0.717) is 68.6 Å². The lowest BCUT2D eigenvalue weighted by Gasteiger charge is -2.37. The van der Waals surface area contributed by atoms with E-state index in [1.807, 2.05) is 297 Å². The van der Waals surface area contributed by atoms with Gasteiger partial charge < -0.3 is 64.9 Å². The minimum Gasteiger partial charge on any atom is -0.367 e. The third-order valence-electron chi connectivity index (χ3n) is 22.7. The highest BCUT2D eigenvalue weighted by atomic mass is 36.0. The van der Waals surface area contributed by atoms with E-state index >= 15 is 0 Å². The second kappa shape index (κ2) is 56.8. The second-order valence-electron chi connectivity index (χ2n) is 32.8. The fraction of sp³-hybridized carbons (Fsp3) is 0.257. The van der Waals surface area contributed by atoms with E-state index in [1.54, 1.807) is 36.4 Å². The van der Waals surface area contributed by atoms with E-state index in [9.17, 15) is 33.3 Å². The number of halogens is 6. The van der Waals surface area contributed by atoms with Gasteiger partial charge in [0.25, 0.3) is 34.1 Å². The molecule has 5 saturated heterocycles. The summed E-state index contributed by atoms with van der Waals surface area (Å²) in [5.74, 6) is 1.92. The molecule has 5 fully saturated rings. The van der Waals surface area contributed by atoms with Crippen molar-refractivity contribution in [3.05, 3.63) is 351 Å².